The first-order valence-corrected chi connectivity index (χ1v) is 10.3. The highest BCUT2D eigenvalue weighted by Crippen LogP contribution is 2.33. The lowest BCUT2D eigenvalue weighted by Gasteiger charge is -2.32. The van der Waals surface area contributed by atoms with Crippen molar-refractivity contribution in [2.24, 2.45) is 0 Å². The molecule has 0 bridgehead atoms. The van der Waals surface area contributed by atoms with E-state index in [9.17, 15) is 4.79 Å². The van der Waals surface area contributed by atoms with E-state index in [4.69, 9.17) is 9.47 Å². The Bertz CT molecular complexity index is 1020. The van der Waals surface area contributed by atoms with Gasteiger partial charge in [0.15, 0.2) is 11.5 Å². The molecule has 2 aliphatic rings. The zero-order valence-corrected chi connectivity index (χ0v) is 16.3. The standard InChI is InChI=1S/C23H25N3O3/c27-23(25-14-16-5-6-21-22(13-16)29-12-11-28-21)26-9-7-17(8-10-26)19-15-24-20-4-2-1-3-18(19)20/h1-6,13,15,17,24H,7-12,14H2,(H,25,27). The summed E-state index contributed by atoms with van der Waals surface area (Å²) in [6.45, 7) is 3.18. The SMILES string of the molecule is O=C(NCc1ccc2c(c1)OCCO2)N1CCC(c2c[nH]c3ccccc23)CC1. The summed E-state index contributed by atoms with van der Waals surface area (Å²) in [5, 5.41) is 4.34. The predicted octanol–water partition coefficient (Wildman–Crippen LogP) is 4.03. The fraction of sp³-hybridized carbons (Fsp3) is 0.348. The lowest BCUT2D eigenvalue weighted by Crippen LogP contribution is -2.43. The molecule has 0 atom stereocenters. The van der Waals surface area contributed by atoms with Crippen LogP contribution in [0, 0.1) is 0 Å². The van der Waals surface area contributed by atoms with Crippen LogP contribution in [0.3, 0.4) is 0 Å². The number of H-pyrrole nitrogens is 1. The quantitative estimate of drug-likeness (QED) is 0.708. The summed E-state index contributed by atoms with van der Waals surface area (Å²) in [5.74, 6) is 2.02. The highest BCUT2D eigenvalue weighted by atomic mass is 16.6. The molecule has 3 heterocycles. The van der Waals surface area contributed by atoms with E-state index in [1.54, 1.807) is 0 Å². The van der Waals surface area contributed by atoms with Crippen LogP contribution in [-0.2, 0) is 6.54 Å². The second-order valence-electron chi connectivity index (χ2n) is 7.69. The highest BCUT2D eigenvalue weighted by Gasteiger charge is 2.25. The van der Waals surface area contributed by atoms with Crippen LogP contribution in [0.15, 0.2) is 48.7 Å². The van der Waals surface area contributed by atoms with Crippen LogP contribution in [-0.4, -0.2) is 42.2 Å². The van der Waals surface area contributed by atoms with E-state index in [1.165, 1.54) is 16.5 Å². The van der Waals surface area contributed by atoms with Crippen LogP contribution in [0.5, 0.6) is 11.5 Å². The first-order valence-electron chi connectivity index (χ1n) is 10.3. The number of likely N-dealkylation sites (tertiary alicyclic amines) is 1. The molecule has 2 amide bonds. The Hall–Kier alpha value is -3.15. The van der Waals surface area contributed by atoms with Gasteiger partial charge in [0.05, 0.1) is 0 Å². The molecular formula is C23H25N3O3. The van der Waals surface area contributed by atoms with E-state index in [0.29, 0.717) is 25.7 Å². The molecule has 29 heavy (non-hydrogen) atoms. The van der Waals surface area contributed by atoms with Crippen molar-refractivity contribution < 1.29 is 14.3 Å². The van der Waals surface area contributed by atoms with Gasteiger partial charge in [0.2, 0.25) is 0 Å². The number of ether oxygens (including phenoxy) is 2. The third kappa shape index (κ3) is 3.62. The topological polar surface area (TPSA) is 66.6 Å². The smallest absolute Gasteiger partial charge is 0.317 e. The van der Waals surface area contributed by atoms with Gasteiger partial charge < -0.3 is 24.7 Å². The Kier molecular flexibility index (Phi) is 4.76. The number of carbonyl (C=O) groups excluding carboxylic acids is 1. The number of piperidine rings is 1. The summed E-state index contributed by atoms with van der Waals surface area (Å²) in [7, 11) is 0. The van der Waals surface area contributed by atoms with Crippen molar-refractivity contribution in [2.75, 3.05) is 26.3 Å². The van der Waals surface area contributed by atoms with Crippen LogP contribution >= 0.6 is 0 Å². The van der Waals surface area contributed by atoms with Gasteiger partial charge in [-0.1, -0.05) is 24.3 Å². The van der Waals surface area contributed by atoms with Crippen molar-refractivity contribution in [1.29, 1.82) is 0 Å². The van der Waals surface area contributed by atoms with Gasteiger partial charge in [0, 0.05) is 36.7 Å². The van der Waals surface area contributed by atoms with Crippen LogP contribution < -0.4 is 14.8 Å². The molecular weight excluding hydrogens is 366 g/mol. The number of fused-ring (bicyclic) bond motifs is 2. The summed E-state index contributed by atoms with van der Waals surface area (Å²) in [6.07, 6.45) is 4.10. The molecule has 1 saturated heterocycles. The van der Waals surface area contributed by atoms with Crippen LogP contribution in [0.2, 0.25) is 0 Å². The molecule has 150 valence electrons. The number of aromatic amines is 1. The third-order valence-corrected chi connectivity index (χ3v) is 5.89. The number of urea groups is 1. The van der Waals surface area contributed by atoms with Crippen LogP contribution in [0.25, 0.3) is 10.9 Å². The number of benzene rings is 2. The monoisotopic (exact) mass is 391 g/mol. The number of hydrogen-bond acceptors (Lipinski definition) is 3. The van der Waals surface area contributed by atoms with E-state index in [0.717, 1.165) is 43.0 Å². The maximum absolute atomic E-state index is 12.6. The first kappa shape index (κ1) is 17.9. The molecule has 0 saturated carbocycles. The zero-order chi connectivity index (χ0) is 19.6. The number of rotatable bonds is 3. The molecule has 6 nitrogen and oxygen atoms in total. The highest BCUT2D eigenvalue weighted by molar-refractivity contribution is 5.83. The molecule has 0 unspecified atom stereocenters. The Morgan fingerprint density at radius 1 is 1.07 bits per heavy atom. The van der Waals surface area contributed by atoms with E-state index >= 15 is 0 Å². The van der Waals surface area contributed by atoms with Crippen LogP contribution in [0.4, 0.5) is 4.79 Å². The molecule has 0 spiro atoms. The second-order valence-corrected chi connectivity index (χ2v) is 7.69. The summed E-state index contributed by atoms with van der Waals surface area (Å²) >= 11 is 0. The van der Waals surface area contributed by atoms with Gasteiger partial charge in [-0.05, 0) is 48.1 Å². The molecule has 2 N–H and O–H groups in total. The predicted molar refractivity (Wildman–Crippen MR) is 112 cm³/mol. The molecule has 0 radical (unpaired) electrons. The molecule has 2 aliphatic heterocycles. The summed E-state index contributed by atoms with van der Waals surface area (Å²) in [4.78, 5) is 17.9. The van der Waals surface area contributed by atoms with Gasteiger partial charge in [0.1, 0.15) is 13.2 Å². The number of carbonyl (C=O) groups is 1. The van der Waals surface area contributed by atoms with E-state index < -0.39 is 0 Å². The van der Waals surface area contributed by atoms with Crippen molar-refractivity contribution in [2.45, 2.75) is 25.3 Å². The van der Waals surface area contributed by atoms with E-state index in [1.807, 2.05) is 23.1 Å². The van der Waals surface area contributed by atoms with Crippen molar-refractivity contribution >= 4 is 16.9 Å². The van der Waals surface area contributed by atoms with Gasteiger partial charge >= 0.3 is 6.03 Å². The summed E-state index contributed by atoms with van der Waals surface area (Å²) in [5.41, 5.74) is 3.57. The van der Waals surface area contributed by atoms with Gasteiger partial charge in [-0.15, -0.1) is 0 Å². The van der Waals surface area contributed by atoms with E-state index in [-0.39, 0.29) is 6.03 Å². The average molecular weight is 391 g/mol. The molecule has 5 rings (SSSR count). The molecule has 1 fully saturated rings. The number of nitrogens with zero attached hydrogens (tertiary/aromatic N) is 1. The van der Waals surface area contributed by atoms with Crippen molar-refractivity contribution in [1.82, 2.24) is 15.2 Å². The second kappa shape index (κ2) is 7.70. The van der Waals surface area contributed by atoms with Gasteiger partial charge in [0.25, 0.3) is 0 Å². The number of hydrogen-bond donors (Lipinski definition) is 2. The van der Waals surface area contributed by atoms with Crippen molar-refractivity contribution in [3.05, 3.63) is 59.8 Å². The zero-order valence-electron chi connectivity index (χ0n) is 16.3. The number of nitrogens with one attached hydrogen (secondary N) is 2. The van der Waals surface area contributed by atoms with Crippen molar-refractivity contribution in [3.63, 3.8) is 0 Å². The minimum atomic E-state index is -0.00253. The van der Waals surface area contributed by atoms with Gasteiger partial charge in [-0.25, -0.2) is 4.79 Å². The minimum Gasteiger partial charge on any atom is -0.486 e. The maximum atomic E-state index is 12.6. The fourth-order valence-corrected chi connectivity index (χ4v) is 4.31. The lowest BCUT2D eigenvalue weighted by atomic mass is 9.89. The Morgan fingerprint density at radius 2 is 1.86 bits per heavy atom. The lowest BCUT2D eigenvalue weighted by molar-refractivity contribution is 0.171. The number of aromatic nitrogens is 1. The summed E-state index contributed by atoms with van der Waals surface area (Å²) < 4.78 is 11.2. The Morgan fingerprint density at radius 3 is 2.72 bits per heavy atom. The molecule has 0 aliphatic carbocycles. The van der Waals surface area contributed by atoms with Gasteiger partial charge in [-0.3, -0.25) is 0 Å². The van der Waals surface area contributed by atoms with E-state index in [2.05, 4.69) is 40.8 Å². The Balaban J connectivity index is 1.16. The molecule has 6 heteroatoms. The van der Waals surface area contributed by atoms with Crippen molar-refractivity contribution in [3.8, 4) is 11.5 Å². The molecule has 2 aromatic carbocycles. The van der Waals surface area contributed by atoms with Gasteiger partial charge in [-0.2, -0.15) is 0 Å². The Labute approximate surface area is 169 Å². The van der Waals surface area contributed by atoms with Crippen LogP contribution in [0.1, 0.15) is 29.9 Å². The summed E-state index contributed by atoms with van der Waals surface area (Å²) in [6, 6.07) is 14.2. The normalized spacial score (nSPS) is 16.8. The maximum Gasteiger partial charge on any atom is 0.317 e. The fourth-order valence-electron chi connectivity index (χ4n) is 4.31. The minimum absolute atomic E-state index is 0.00253. The average Bonchev–Trinajstić information content (AvgIpc) is 3.21. The molecule has 3 aromatic rings. The number of amides is 2. The largest absolute Gasteiger partial charge is 0.486 e. The third-order valence-electron chi connectivity index (χ3n) is 5.89. The number of para-hydroxylation sites is 1. The first-order chi connectivity index (χ1) is 14.3. The molecule has 1 aromatic heterocycles.